The van der Waals surface area contributed by atoms with E-state index in [-0.39, 0.29) is 0 Å². The third-order valence-electron chi connectivity index (χ3n) is 6.04. The molecule has 3 atom stereocenters. The van der Waals surface area contributed by atoms with Crippen molar-refractivity contribution in [3.63, 3.8) is 0 Å². The Bertz CT molecular complexity index is 377. The van der Waals surface area contributed by atoms with Crippen molar-refractivity contribution in [1.29, 1.82) is 0 Å². The Labute approximate surface area is 135 Å². The Morgan fingerprint density at radius 2 is 2.00 bits per heavy atom. The number of guanidine groups is 1. The van der Waals surface area contributed by atoms with E-state index in [1.54, 1.807) is 0 Å². The molecule has 3 unspecified atom stereocenters. The van der Waals surface area contributed by atoms with Gasteiger partial charge in [0.25, 0.3) is 0 Å². The minimum absolute atomic E-state index is 0.452. The van der Waals surface area contributed by atoms with Crippen molar-refractivity contribution in [2.45, 2.75) is 58.0 Å². The van der Waals surface area contributed by atoms with Crippen molar-refractivity contribution in [2.75, 3.05) is 33.3 Å². The van der Waals surface area contributed by atoms with Crippen LogP contribution < -0.4 is 5.32 Å². The molecule has 2 bridgehead atoms. The quantitative estimate of drug-likeness (QED) is 0.627. The van der Waals surface area contributed by atoms with Crippen molar-refractivity contribution < 1.29 is 4.74 Å². The first kappa shape index (κ1) is 16.1. The first-order chi connectivity index (χ1) is 10.8. The smallest absolute Gasteiger partial charge is 0.193 e. The number of ether oxygens (including phenoxy) is 1. The lowest BCUT2D eigenvalue weighted by Gasteiger charge is -2.34. The fourth-order valence-corrected chi connectivity index (χ4v) is 4.90. The number of hydrogen-bond acceptors (Lipinski definition) is 2. The van der Waals surface area contributed by atoms with Gasteiger partial charge in [-0.2, -0.15) is 0 Å². The summed E-state index contributed by atoms with van der Waals surface area (Å²) in [5.74, 6) is 4.17. The Morgan fingerprint density at radius 1 is 1.18 bits per heavy atom. The summed E-state index contributed by atoms with van der Waals surface area (Å²) in [6, 6.07) is 0. The first-order valence-corrected chi connectivity index (χ1v) is 9.37. The second kappa shape index (κ2) is 7.67. The number of aliphatic imine (C=N–C) groups is 1. The average molecular weight is 307 g/mol. The van der Waals surface area contributed by atoms with Gasteiger partial charge < -0.3 is 15.0 Å². The minimum atomic E-state index is 0.452. The van der Waals surface area contributed by atoms with Crippen molar-refractivity contribution >= 4 is 5.96 Å². The highest BCUT2D eigenvalue weighted by atomic mass is 16.5. The predicted molar refractivity (Wildman–Crippen MR) is 91.1 cm³/mol. The van der Waals surface area contributed by atoms with Gasteiger partial charge in [0.1, 0.15) is 0 Å². The first-order valence-electron chi connectivity index (χ1n) is 9.37. The van der Waals surface area contributed by atoms with Crippen molar-refractivity contribution in [3.8, 4) is 0 Å². The number of rotatable bonds is 5. The lowest BCUT2D eigenvalue weighted by atomic mass is 9.86. The number of nitrogens with zero attached hydrogens (tertiary/aromatic N) is 2. The summed E-state index contributed by atoms with van der Waals surface area (Å²) >= 11 is 0. The van der Waals surface area contributed by atoms with Crippen LogP contribution in [0.15, 0.2) is 4.99 Å². The number of hydrogen-bond donors (Lipinski definition) is 1. The molecule has 3 aliphatic rings. The zero-order valence-electron chi connectivity index (χ0n) is 14.4. The molecule has 4 nitrogen and oxygen atoms in total. The Balaban J connectivity index is 1.37. The maximum atomic E-state index is 5.73. The highest BCUT2D eigenvalue weighted by Gasteiger charge is 2.38. The van der Waals surface area contributed by atoms with Crippen molar-refractivity contribution in [3.05, 3.63) is 0 Å². The summed E-state index contributed by atoms with van der Waals surface area (Å²) in [4.78, 5) is 6.88. The molecule has 1 N–H and O–H groups in total. The van der Waals surface area contributed by atoms with E-state index in [1.165, 1.54) is 32.1 Å². The highest BCUT2D eigenvalue weighted by Crippen LogP contribution is 2.49. The third-order valence-corrected chi connectivity index (χ3v) is 6.04. The predicted octanol–water partition coefficient (Wildman–Crippen LogP) is 2.89. The van der Waals surface area contributed by atoms with Crippen LogP contribution in [0.1, 0.15) is 51.9 Å². The molecule has 1 heterocycles. The molecule has 3 rings (SSSR count). The van der Waals surface area contributed by atoms with Crippen molar-refractivity contribution in [2.24, 2.45) is 22.7 Å². The van der Waals surface area contributed by atoms with E-state index in [0.717, 1.165) is 62.8 Å². The third kappa shape index (κ3) is 3.76. The van der Waals surface area contributed by atoms with Crippen LogP contribution in [0.2, 0.25) is 0 Å². The van der Waals surface area contributed by atoms with Gasteiger partial charge in [-0.25, -0.2) is 0 Å². The number of nitrogens with one attached hydrogen (secondary N) is 1. The summed E-state index contributed by atoms with van der Waals surface area (Å²) in [7, 11) is 1.91. The van der Waals surface area contributed by atoms with Gasteiger partial charge in [-0.3, -0.25) is 4.99 Å². The molecular formula is C18H33N3O. The van der Waals surface area contributed by atoms with Gasteiger partial charge in [0.05, 0.1) is 6.10 Å². The molecule has 3 fully saturated rings. The summed E-state index contributed by atoms with van der Waals surface area (Å²) in [5.41, 5.74) is 0. The van der Waals surface area contributed by atoms with Gasteiger partial charge in [-0.15, -0.1) is 0 Å². The SMILES string of the molecule is CCOC1CCN(C(=NC)NCCC2CC3CCC2C3)CC1. The monoisotopic (exact) mass is 307 g/mol. The molecule has 0 aromatic carbocycles. The minimum Gasteiger partial charge on any atom is -0.378 e. The zero-order valence-corrected chi connectivity index (χ0v) is 14.4. The molecule has 2 aliphatic carbocycles. The summed E-state index contributed by atoms with van der Waals surface area (Å²) in [6.07, 6.45) is 10.0. The van der Waals surface area contributed by atoms with Crippen LogP contribution in [0, 0.1) is 17.8 Å². The second-order valence-corrected chi connectivity index (χ2v) is 7.34. The molecule has 1 aliphatic heterocycles. The summed E-state index contributed by atoms with van der Waals surface area (Å²) in [6.45, 7) is 6.15. The van der Waals surface area contributed by atoms with E-state index >= 15 is 0 Å². The van der Waals surface area contributed by atoms with Crippen LogP contribution in [0.5, 0.6) is 0 Å². The number of fused-ring (bicyclic) bond motifs is 2. The molecule has 126 valence electrons. The van der Waals surface area contributed by atoms with Crippen LogP contribution in [0.25, 0.3) is 0 Å². The molecule has 4 heteroatoms. The maximum absolute atomic E-state index is 5.73. The van der Waals surface area contributed by atoms with E-state index in [4.69, 9.17) is 4.74 Å². The summed E-state index contributed by atoms with van der Waals surface area (Å²) < 4.78 is 5.73. The van der Waals surface area contributed by atoms with Crippen LogP contribution in [0.4, 0.5) is 0 Å². The highest BCUT2D eigenvalue weighted by molar-refractivity contribution is 5.79. The average Bonchev–Trinajstić information content (AvgIpc) is 3.16. The molecule has 0 amide bonds. The Morgan fingerprint density at radius 3 is 2.59 bits per heavy atom. The Kier molecular flexibility index (Phi) is 5.61. The van der Waals surface area contributed by atoms with Gasteiger partial charge >= 0.3 is 0 Å². The number of piperidine rings is 1. The second-order valence-electron chi connectivity index (χ2n) is 7.34. The topological polar surface area (TPSA) is 36.9 Å². The molecule has 0 aromatic heterocycles. The lowest BCUT2D eigenvalue weighted by Crippen LogP contribution is -2.47. The standard InChI is InChI=1S/C18H33N3O/c1-3-22-17-7-10-21(11-8-17)18(19-2)20-9-6-16-13-14-4-5-15(16)12-14/h14-17H,3-13H2,1-2H3,(H,19,20). The van der Waals surface area contributed by atoms with E-state index in [2.05, 4.69) is 22.1 Å². The fraction of sp³-hybridized carbons (Fsp3) is 0.944. The Hall–Kier alpha value is -0.770. The number of likely N-dealkylation sites (tertiary alicyclic amines) is 1. The van der Waals surface area contributed by atoms with E-state index in [0.29, 0.717) is 6.10 Å². The van der Waals surface area contributed by atoms with Crippen LogP contribution in [-0.2, 0) is 4.74 Å². The molecule has 0 radical (unpaired) electrons. The molecule has 0 spiro atoms. The van der Waals surface area contributed by atoms with Gasteiger partial charge in [0, 0.05) is 33.3 Å². The molecule has 22 heavy (non-hydrogen) atoms. The molecule has 1 saturated heterocycles. The van der Waals surface area contributed by atoms with Gasteiger partial charge in [-0.1, -0.05) is 6.42 Å². The fourth-order valence-electron chi connectivity index (χ4n) is 4.90. The van der Waals surface area contributed by atoms with Crippen LogP contribution >= 0.6 is 0 Å². The summed E-state index contributed by atoms with van der Waals surface area (Å²) in [5, 5.41) is 3.61. The van der Waals surface area contributed by atoms with Gasteiger partial charge in [0.2, 0.25) is 0 Å². The van der Waals surface area contributed by atoms with Crippen LogP contribution in [-0.4, -0.2) is 50.3 Å². The van der Waals surface area contributed by atoms with Gasteiger partial charge in [0.15, 0.2) is 5.96 Å². The molecular weight excluding hydrogens is 274 g/mol. The normalized spacial score (nSPS) is 32.7. The van der Waals surface area contributed by atoms with Gasteiger partial charge in [-0.05, 0) is 63.2 Å². The molecule has 2 saturated carbocycles. The van der Waals surface area contributed by atoms with E-state index in [9.17, 15) is 0 Å². The van der Waals surface area contributed by atoms with E-state index in [1.807, 2.05) is 7.05 Å². The lowest BCUT2D eigenvalue weighted by molar-refractivity contribution is 0.0263. The zero-order chi connectivity index (χ0) is 15.4. The molecule has 0 aromatic rings. The largest absolute Gasteiger partial charge is 0.378 e. The van der Waals surface area contributed by atoms with Crippen molar-refractivity contribution in [1.82, 2.24) is 10.2 Å². The van der Waals surface area contributed by atoms with Crippen LogP contribution in [0.3, 0.4) is 0 Å². The van der Waals surface area contributed by atoms with E-state index < -0.39 is 0 Å². The maximum Gasteiger partial charge on any atom is 0.193 e.